The molecule has 0 aliphatic rings. The zero-order valence-electron chi connectivity index (χ0n) is 8.83. The van der Waals surface area contributed by atoms with Crippen molar-refractivity contribution in [2.24, 2.45) is 0 Å². The van der Waals surface area contributed by atoms with Gasteiger partial charge in [-0.2, -0.15) is 0 Å². The number of hydrogen-bond acceptors (Lipinski definition) is 3. The molecule has 2 aromatic heterocycles. The average molecular weight is 255 g/mol. The Kier molecular flexibility index (Phi) is 3.46. The van der Waals surface area contributed by atoms with Gasteiger partial charge >= 0.3 is 0 Å². The third-order valence-electron chi connectivity index (χ3n) is 2.32. The van der Waals surface area contributed by atoms with Crippen LogP contribution in [0.2, 0.25) is 5.22 Å². The molecule has 0 spiro atoms. The molecule has 0 bridgehead atoms. The quantitative estimate of drug-likeness (QED) is 0.773. The molecule has 0 aliphatic heterocycles. The van der Waals surface area contributed by atoms with Crippen molar-refractivity contribution in [3.63, 3.8) is 0 Å². The van der Waals surface area contributed by atoms with Crippen LogP contribution in [-0.2, 0) is 12.8 Å². The molecule has 84 valence electrons. The Morgan fingerprint density at radius 1 is 1.38 bits per heavy atom. The molecule has 2 heterocycles. The van der Waals surface area contributed by atoms with Crippen LogP contribution >= 0.6 is 22.9 Å². The third-order valence-corrected chi connectivity index (χ3v) is 3.84. The van der Waals surface area contributed by atoms with Gasteiger partial charge in [-0.05, 0) is 36.2 Å². The summed E-state index contributed by atoms with van der Waals surface area (Å²) in [6.45, 7) is 2.10. The topological polar surface area (TPSA) is 30.2 Å². The first-order valence-electron chi connectivity index (χ1n) is 5.04. The summed E-state index contributed by atoms with van der Waals surface area (Å²) in [7, 11) is 0. The van der Waals surface area contributed by atoms with Gasteiger partial charge in [-0.25, -0.2) is 0 Å². The number of rotatable bonds is 4. The average Bonchev–Trinajstić information content (AvgIpc) is 2.86. The minimum absolute atomic E-state index is 0.00301. The number of aryl methyl sites for hydroxylation is 1. The van der Waals surface area contributed by atoms with Crippen molar-refractivity contribution in [2.45, 2.75) is 19.8 Å². The van der Waals surface area contributed by atoms with Crippen molar-refractivity contribution < 1.29 is 9.21 Å². The molecule has 2 aromatic rings. The first kappa shape index (κ1) is 11.4. The molecule has 16 heavy (non-hydrogen) atoms. The van der Waals surface area contributed by atoms with E-state index in [0.717, 1.165) is 11.3 Å². The third kappa shape index (κ3) is 2.36. The van der Waals surface area contributed by atoms with E-state index in [0.29, 0.717) is 12.0 Å². The fourth-order valence-corrected chi connectivity index (χ4v) is 2.63. The molecule has 0 amide bonds. The Balaban J connectivity index is 2.11. The van der Waals surface area contributed by atoms with E-state index in [1.165, 1.54) is 11.1 Å². The molecule has 2 rings (SSSR count). The number of carbonyl (C=O) groups excluding carboxylic acids is 1. The normalized spacial score (nSPS) is 10.6. The van der Waals surface area contributed by atoms with E-state index in [2.05, 4.69) is 13.0 Å². The number of ketones is 1. The highest BCUT2D eigenvalue weighted by atomic mass is 35.5. The zero-order valence-corrected chi connectivity index (χ0v) is 10.4. The maximum absolute atomic E-state index is 11.9. The monoisotopic (exact) mass is 254 g/mol. The van der Waals surface area contributed by atoms with E-state index in [1.54, 1.807) is 17.4 Å². The van der Waals surface area contributed by atoms with Crippen molar-refractivity contribution >= 4 is 28.7 Å². The predicted molar refractivity (Wildman–Crippen MR) is 65.4 cm³/mol. The molecule has 0 N–H and O–H groups in total. The van der Waals surface area contributed by atoms with Gasteiger partial charge in [0, 0.05) is 16.2 Å². The molecule has 0 aliphatic carbocycles. The smallest absolute Gasteiger partial charge is 0.203 e. The Hall–Kier alpha value is -1.06. The Morgan fingerprint density at radius 3 is 2.69 bits per heavy atom. The zero-order chi connectivity index (χ0) is 11.5. The molecular weight excluding hydrogens is 244 g/mol. The Morgan fingerprint density at radius 2 is 2.12 bits per heavy atom. The molecule has 2 nitrogen and oxygen atoms in total. The van der Waals surface area contributed by atoms with Crippen molar-refractivity contribution in [2.75, 3.05) is 0 Å². The number of thiophene rings is 1. The minimum Gasteiger partial charge on any atom is -0.452 e. The van der Waals surface area contributed by atoms with Gasteiger partial charge < -0.3 is 4.42 Å². The summed E-state index contributed by atoms with van der Waals surface area (Å²) in [5.41, 5.74) is 0.466. The first-order chi connectivity index (χ1) is 7.70. The van der Waals surface area contributed by atoms with Gasteiger partial charge in [0.05, 0.1) is 11.8 Å². The highest BCUT2D eigenvalue weighted by Gasteiger charge is 2.14. The van der Waals surface area contributed by atoms with Crippen LogP contribution in [0.4, 0.5) is 0 Å². The van der Waals surface area contributed by atoms with E-state index in [1.807, 2.05) is 6.07 Å². The largest absolute Gasteiger partial charge is 0.452 e. The molecule has 4 heteroatoms. The highest BCUT2D eigenvalue weighted by molar-refractivity contribution is 7.12. The summed E-state index contributed by atoms with van der Waals surface area (Å²) >= 11 is 7.42. The second kappa shape index (κ2) is 4.85. The van der Waals surface area contributed by atoms with Crippen LogP contribution < -0.4 is 0 Å². The van der Waals surface area contributed by atoms with Crippen LogP contribution in [0.15, 0.2) is 28.9 Å². The molecule has 0 fully saturated rings. The molecule has 0 atom stereocenters. The van der Waals surface area contributed by atoms with Crippen molar-refractivity contribution in [1.82, 2.24) is 0 Å². The lowest BCUT2D eigenvalue weighted by molar-refractivity contribution is 0.0993. The summed E-state index contributed by atoms with van der Waals surface area (Å²) in [5.74, 6) is 0.00301. The number of furan rings is 1. The molecule has 0 saturated carbocycles. The van der Waals surface area contributed by atoms with E-state index in [4.69, 9.17) is 16.0 Å². The lowest BCUT2D eigenvalue weighted by Gasteiger charge is -1.95. The van der Waals surface area contributed by atoms with Gasteiger partial charge in [-0.15, -0.1) is 11.3 Å². The van der Waals surface area contributed by atoms with Crippen LogP contribution in [0.25, 0.3) is 0 Å². The molecule has 0 unspecified atom stereocenters. The number of hydrogen-bond donors (Lipinski definition) is 0. The SMILES string of the molecule is CCc1ccc(CC(=O)c2ccoc2Cl)s1. The second-order valence-electron chi connectivity index (χ2n) is 3.43. The van der Waals surface area contributed by atoms with Crippen LogP contribution in [0.1, 0.15) is 27.0 Å². The van der Waals surface area contributed by atoms with Gasteiger partial charge in [-0.1, -0.05) is 6.92 Å². The van der Waals surface area contributed by atoms with Gasteiger partial charge in [0.1, 0.15) is 0 Å². The molecule has 0 aromatic carbocycles. The molecular formula is C12H11ClO2S. The summed E-state index contributed by atoms with van der Waals surface area (Å²) in [6, 6.07) is 5.67. The summed E-state index contributed by atoms with van der Waals surface area (Å²) in [4.78, 5) is 14.2. The van der Waals surface area contributed by atoms with Crippen molar-refractivity contribution in [1.29, 1.82) is 0 Å². The lowest BCUT2D eigenvalue weighted by Crippen LogP contribution is -2.00. The molecule has 0 radical (unpaired) electrons. The maximum Gasteiger partial charge on any atom is 0.203 e. The molecule has 0 saturated heterocycles. The van der Waals surface area contributed by atoms with Gasteiger partial charge in [0.2, 0.25) is 5.22 Å². The van der Waals surface area contributed by atoms with Gasteiger partial charge in [0.15, 0.2) is 5.78 Å². The van der Waals surface area contributed by atoms with Crippen LogP contribution in [0.3, 0.4) is 0 Å². The summed E-state index contributed by atoms with van der Waals surface area (Å²) in [5, 5.41) is 0.178. The summed E-state index contributed by atoms with van der Waals surface area (Å²) in [6.07, 6.45) is 2.83. The Bertz CT molecular complexity index is 499. The number of carbonyl (C=O) groups is 1. The van der Waals surface area contributed by atoms with E-state index < -0.39 is 0 Å². The van der Waals surface area contributed by atoms with E-state index in [-0.39, 0.29) is 11.0 Å². The minimum atomic E-state index is 0.00301. The second-order valence-corrected chi connectivity index (χ2v) is 5.03. The predicted octanol–water partition coefficient (Wildman–Crippen LogP) is 3.98. The van der Waals surface area contributed by atoms with Crippen LogP contribution in [0.5, 0.6) is 0 Å². The van der Waals surface area contributed by atoms with Gasteiger partial charge in [0.25, 0.3) is 0 Å². The fraction of sp³-hybridized carbons (Fsp3) is 0.250. The highest BCUT2D eigenvalue weighted by Crippen LogP contribution is 2.22. The maximum atomic E-state index is 11.9. The van der Waals surface area contributed by atoms with Crippen LogP contribution in [-0.4, -0.2) is 5.78 Å². The van der Waals surface area contributed by atoms with E-state index in [9.17, 15) is 4.79 Å². The van der Waals surface area contributed by atoms with E-state index >= 15 is 0 Å². The van der Waals surface area contributed by atoms with Crippen LogP contribution in [0, 0.1) is 0 Å². The summed E-state index contributed by atoms with van der Waals surface area (Å²) < 4.78 is 4.90. The number of Topliss-reactive ketones (excluding diaryl/α,β-unsaturated/α-hetero) is 1. The fourth-order valence-electron chi connectivity index (χ4n) is 1.45. The standard InChI is InChI=1S/C12H11ClO2S/c1-2-8-3-4-9(16-8)7-11(14)10-5-6-15-12(10)13/h3-6H,2,7H2,1H3. The number of halogens is 1. The van der Waals surface area contributed by atoms with Gasteiger partial charge in [-0.3, -0.25) is 4.79 Å². The first-order valence-corrected chi connectivity index (χ1v) is 6.24. The Labute approximate surface area is 103 Å². The van der Waals surface area contributed by atoms with Crippen molar-refractivity contribution in [3.8, 4) is 0 Å². The lowest BCUT2D eigenvalue weighted by atomic mass is 10.1. The van der Waals surface area contributed by atoms with Crippen molar-refractivity contribution in [3.05, 3.63) is 45.0 Å².